The van der Waals surface area contributed by atoms with Crippen molar-refractivity contribution >= 4 is 16.8 Å². The summed E-state index contributed by atoms with van der Waals surface area (Å²) in [6.07, 6.45) is 4.43. The lowest BCUT2D eigenvalue weighted by Gasteiger charge is -2.30. The highest BCUT2D eigenvalue weighted by molar-refractivity contribution is 6.07. The molecule has 132 valence electrons. The molecule has 0 saturated carbocycles. The molecular formula is C21H21N3O2. The van der Waals surface area contributed by atoms with Gasteiger partial charge in [-0.05, 0) is 50.1 Å². The average Bonchev–Trinajstić information content (AvgIpc) is 2.68. The maximum absolute atomic E-state index is 13.2. The van der Waals surface area contributed by atoms with Crippen LogP contribution in [-0.2, 0) is 0 Å². The minimum absolute atomic E-state index is 0.0000373. The van der Waals surface area contributed by atoms with Gasteiger partial charge in [-0.2, -0.15) is 0 Å². The highest BCUT2D eigenvalue weighted by Crippen LogP contribution is 2.27. The van der Waals surface area contributed by atoms with Crippen LogP contribution in [0.5, 0.6) is 0 Å². The monoisotopic (exact) mass is 347 g/mol. The van der Waals surface area contributed by atoms with E-state index in [2.05, 4.69) is 4.98 Å². The van der Waals surface area contributed by atoms with E-state index in [1.54, 1.807) is 12.4 Å². The fraction of sp³-hybridized carbons (Fsp3) is 0.286. The Morgan fingerprint density at radius 1 is 1.19 bits per heavy atom. The lowest BCUT2D eigenvalue weighted by molar-refractivity contribution is 0.0548. The molecule has 1 aliphatic heterocycles. The van der Waals surface area contributed by atoms with Gasteiger partial charge in [-0.25, -0.2) is 4.98 Å². The number of piperidine rings is 1. The minimum Gasteiger partial charge on any atom is -0.393 e. The number of aliphatic hydroxyl groups is 1. The number of nitrogens with zero attached hydrogens (tertiary/aromatic N) is 3. The fourth-order valence-corrected chi connectivity index (χ4v) is 3.42. The number of aromatic nitrogens is 2. The number of aliphatic hydroxyl groups excluding tert-OH is 1. The lowest BCUT2D eigenvalue weighted by atomic mass is 10.0. The molecule has 4 rings (SSSR count). The van der Waals surface area contributed by atoms with Crippen LogP contribution in [0.25, 0.3) is 22.2 Å². The molecule has 0 radical (unpaired) electrons. The summed E-state index contributed by atoms with van der Waals surface area (Å²) in [5.74, 6) is 0.0000373. The number of rotatable bonds is 2. The summed E-state index contributed by atoms with van der Waals surface area (Å²) in [6, 6.07) is 11.7. The maximum atomic E-state index is 13.2. The first-order valence-corrected chi connectivity index (χ1v) is 8.91. The third-order valence-electron chi connectivity index (χ3n) is 4.90. The summed E-state index contributed by atoms with van der Waals surface area (Å²) >= 11 is 0. The number of hydrogen-bond acceptors (Lipinski definition) is 4. The molecule has 2 aromatic heterocycles. The Morgan fingerprint density at radius 2 is 2.00 bits per heavy atom. The van der Waals surface area contributed by atoms with Crippen molar-refractivity contribution in [3.8, 4) is 11.3 Å². The Labute approximate surface area is 152 Å². The van der Waals surface area contributed by atoms with Gasteiger partial charge in [-0.15, -0.1) is 0 Å². The Kier molecular flexibility index (Phi) is 4.39. The van der Waals surface area contributed by atoms with E-state index in [-0.39, 0.29) is 12.0 Å². The van der Waals surface area contributed by atoms with E-state index in [0.29, 0.717) is 31.5 Å². The SMILES string of the molecule is Cc1ccc2nc(-c3cccnc3)cc(C(=O)N3CCC(O)CC3)c2c1. The predicted molar refractivity (Wildman–Crippen MR) is 101 cm³/mol. The van der Waals surface area contributed by atoms with Gasteiger partial charge in [0.2, 0.25) is 0 Å². The molecular weight excluding hydrogens is 326 g/mol. The smallest absolute Gasteiger partial charge is 0.254 e. The lowest BCUT2D eigenvalue weighted by Crippen LogP contribution is -2.40. The summed E-state index contributed by atoms with van der Waals surface area (Å²) in [5, 5.41) is 10.6. The van der Waals surface area contributed by atoms with E-state index in [1.165, 1.54) is 0 Å². The molecule has 3 heterocycles. The van der Waals surface area contributed by atoms with Crippen LogP contribution in [0, 0.1) is 6.92 Å². The molecule has 1 amide bonds. The topological polar surface area (TPSA) is 66.3 Å². The largest absolute Gasteiger partial charge is 0.393 e. The van der Waals surface area contributed by atoms with Crippen LogP contribution >= 0.6 is 0 Å². The molecule has 1 saturated heterocycles. The van der Waals surface area contributed by atoms with Crippen LogP contribution < -0.4 is 0 Å². The van der Waals surface area contributed by atoms with Gasteiger partial charge < -0.3 is 10.0 Å². The van der Waals surface area contributed by atoms with Crippen molar-refractivity contribution in [2.75, 3.05) is 13.1 Å². The summed E-state index contributed by atoms with van der Waals surface area (Å²) < 4.78 is 0. The Morgan fingerprint density at radius 3 is 2.73 bits per heavy atom. The van der Waals surface area contributed by atoms with Gasteiger partial charge in [0.05, 0.1) is 22.9 Å². The highest BCUT2D eigenvalue weighted by Gasteiger charge is 2.24. The molecule has 5 nitrogen and oxygen atoms in total. The molecule has 0 unspecified atom stereocenters. The number of hydrogen-bond donors (Lipinski definition) is 1. The zero-order chi connectivity index (χ0) is 18.1. The van der Waals surface area contributed by atoms with Crippen LogP contribution in [-0.4, -0.2) is 45.1 Å². The Hall–Kier alpha value is -2.79. The van der Waals surface area contributed by atoms with Crippen molar-refractivity contribution < 1.29 is 9.90 Å². The van der Waals surface area contributed by atoms with E-state index in [9.17, 15) is 9.90 Å². The second-order valence-corrected chi connectivity index (χ2v) is 6.84. The molecule has 0 spiro atoms. The molecule has 3 aromatic rings. The Balaban J connectivity index is 1.83. The van der Waals surface area contributed by atoms with Crippen molar-refractivity contribution in [3.05, 3.63) is 59.9 Å². The van der Waals surface area contributed by atoms with Crippen LogP contribution in [0.2, 0.25) is 0 Å². The van der Waals surface area contributed by atoms with Gasteiger partial charge in [0.25, 0.3) is 5.91 Å². The zero-order valence-corrected chi connectivity index (χ0v) is 14.7. The second-order valence-electron chi connectivity index (χ2n) is 6.84. The van der Waals surface area contributed by atoms with Gasteiger partial charge in [0, 0.05) is 36.4 Å². The molecule has 26 heavy (non-hydrogen) atoms. The zero-order valence-electron chi connectivity index (χ0n) is 14.7. The van der Waals surface area contributed by atoms with E-state index in [0.717, 1.165) is 27.7 Å². The number of aryl methyl sites for hydroxylation is 1. The first-order chi connectivity index (χ1) is 12.6. The number of benzene rings is 1. The van der Waals surface area contributed by atoms with E-state index >= 15 is 0 Å². The van der Waals surface area contributed by atoms with Gasteiger partial charge in [-0.1, -0.05) is 11.6 Å². The normalized spacial score (nSPS) is 15.4. The quantitative estimate of drug-likeness (QED) is 0.773. The van der Waals surface area contributed by atoms with Crippen LogP contribution in [0.4, 0.5) is 0 Å². The number of carbonyl (C=O) groups excluding carboxylic acids is 1. The summed E-state index contributed by atoms with van der Waals surface area (Å²) in [7, 11) is 0. The van der Waals surface area contributed by atoms with Crippen LogP contribution in [0.15, 0.2) is 48.8 Å². The molecule has 1 N–H and O–H groups in total. The fourth-order valence-electron chi connectivity index (χ4n) is 3.42. The first-order valence-electron chi connectivity index (χ1n) is 8.91. The number of amides is 1. The average molecular weight is 347 g/mol. The van der Waals surface area contributed by atoms with E-state index in [4.69, 9.17) is 4.98 Å². The highest BCUT2D eigenvalue weighted by atomic mass is 16.3. The van der Waals surface area contributed by atoms with Crippen molar-refractivity contribution in [1.82, 2.24) is 14.9 Å². The van der Waals surface area contributed by atoms with E-state index < -0.39 is 0 Å². The second kappa shape index (κ2) is 6.84. The molecule has 0 bridgehead atoms. The van der Waals surface area contributed by atoms with Crippen molar-refractivity contribution in [3.63, 3.8) is 0 Å². The summed E-state index contributed by atoms with van der Waals surface area (Å²) in [4.78, 5) is 23.9. The van der Waals surface area contributed by atoms with Gasteiger partial charge >= 0.3 is 0 Å². The van der Waals surface area contributed by atoms with Crippen molar-refractivity contribution in [2.24, 2.45) is 0 Å². The molecule has 0 aliphatic carbocycles. The van der Waals surface area contributed by atoms with Crippen LogP contribution in [0.3, 0.4) is 0 Å². The molecule has 5 heteroatoms. The molecule has 0 atom stereocenters. The number of pyridine rings is 2. The van der Waals surface area contributed by atoms with E-state index in [1.807, 2.05) is 48.2 Å². The van der Waals surface area contributed by atoms with Crippen molar-refractivity contribution in [2.45, 2.75) is 25.9 Å². The molecule has 1 aromatic carbocycles. The maximum Gasteiger partial charge on any atom is 0.254 e. The first kappa shape index (κ1) is 16.7. The number of likely N-dealkylation sites (tertiary alicyclic amines) is 1. The molecule has 1 aliphatic rings. The van der Waals surface area contributed by atoms with Gasteiger partial charge in [0.1, 0.15) is 0 Å². The summed E-state index contributed by atoms with van der Waals surface area (Å²) in [5.41, 5.74) is 4.19. The van der Waals surface area contributed by atoms with Gasteiger partial charge in [0.15, 0.2) is 0 Å². The number of fused-ring (bicyclic) bond motifs is 1. The molecule has 1 fully saturated rings. The minimum atomic E-state index is -0.304. The third-order valence-corrected chi connectivity index (χ3v) is 4.90. The van der Waals surface area contributed by atoms with Crippen LogP contribution in [0.1, 0.15) is 28.8 Å². The number of carbonyl (C=O) groups is 1. The van der Waals surface area contributed by atoms with Crippen molar-refractivity contribution in [1.29, 1.82) is 0 Å². The Bertz CT molecular complexity index is 948. The third kappa shape index (κ3) is 3.18. The van der Waals surface area contributed by atoms with Gasteiger partial charge in [-0.3, -0.25) is 9.78 Å². The summed E-state index contributed by atoms with van der Waals surface area (Å²) in [6.45, 7) is 3.18. The predicted octanol–water partition coefficient (Wildman–Crippen LogP) is 3.20. The standard InChI is InChI=1S/C21H21N3O2/c1-14-4-5-19-17(11-14)18(21(26)24-9-6-16(25)7-10-24)12-20(23-19)15-3-2-8-22-13-15/h2-5,8,11-13,16,25H,6-7,9-10H2,1H3.